The van der Waals surface area contributed by atoms with Gasteiger partial charge in [-0.3, -0.25) is 4.79 Å². The Hall–Kier alpha value is -1.13. The minimum atomic E-state index is -1.07. The van der Waals surface area contributed by atoms with Crippen molar-refractivity contribution < 1.29 is 14.3 Å². The third kappa shape index (κ3) is 2.35. The largest absolute Gasteiger partial charge is 0.392 e. The van der Waals surface area contributed by atoms with Crippen molar-refractivity contribution in [1.29, 1.82) is 0 Å². The molecule has 1 aliphatic carbocycles. The summed E-state index contributed by atoms with van der Waals surface area (Å²) < 4.78 is 13.7. The minimum absolute atomic E-state index is 0.0149. The van der Waals surface area contributed by atoms with Gasteiger partial charge in [0.25, 0.3) is 0 Å². The van der Waals surface area contributed by atoms with Gasteiger partial charge < -0.3 is 10.4 Å². The Labute approximate surface area is 116 Å². The van der Waals surface area contributed by atoms with Crippen molar-refractivity contribution >= 4 is 17.5 Å². The van der Waals surface area contributed by atoms with Crippen LogP contribution in [0.1, 0.15) is 31.2 Å². The van der Waals surface area contributed by atoms with Crippen LogP contribution in [0.5, 0.6) is 0 Å². The van der Waals surface area contributed by atoms with Crippen molar-refractivity contribution in [3.05, 3.63) is 34.6 Å². The zero-order valence-electron chi connectivity index (χ0n) is 10.7. The molecular weight excluding hydrogens is 269 g/mol. The number of carbonyl (C=O) groups excluding carboxylic acids is 1. The van der Waals surface area contributed by atoms with Gasteiger partial charge >= 0.3 is 0 Å². The normalized spacial score (nSPS) is 27.1. The molecule has 0 bridgehead atoms. The number of aliphatic hydroxyl groups excluding tert-OH is 1. The number of amides is 1. The fourth-order valence-electron chi connectivity index (χ4n) is 2.88. The summed E-state index contributed by atoms with van der Waals surface area (Å²) in [7, 11) is 1.53. The van der Waals surface area contributed by atoms with E-state index in [9.17, 15) is 14.3 Å². The van der Waals surface area contributed by atoms with Crippen LogP contribution in [0, 0.1) is 5.82 Å². The van der Waals surface area contributed by atoms with Gasteiger partial charge in [-0.25, -0.2) is 4.39 Å². The first-order chi connectivity index (χ1) is 9.02. The average molecular weight is 286 g/mol. The summed E-state index contributed by atoms with van der Waals surface area (Å²) in [4.78, 5) is 12.3. The van der Waals surface area contributed by atoms with Gasteiger partial charge in [0, 0.05) is 7.05 Å². The van der Waals surface area contributed by atoms with Gasteiger partial charge in [0.2, 0.25) is 5.91 Å². The Bertz CT molecular complexity index is 494. The monoisotopic (exact) mass is 285 g/mol. The van der Waals surface area contributed by atoms with E-state index in [2.05, 4.69) is 5.32 Å². The van der Waals surface area contributed by atoms with Crippen molar-refractivity contribution in [3.8, 4) is 0 Å². The van der Waals surface area contributed by atoms with Crippen molar-refractivity contribution in [3.63, 3.8) is 0 Å². The van der Waals surface area contributed by atoms with E-state index >= 15 is 0 Å². The second-order valence-electron chi connectivity index (χ2n) is 4.94. The number of nitrogens with one attached hydrogen (secondary N) is 1. The molecule has 2 N–H and O–H groups in total. The zero-order valence-corrected chi connectivity index (χ0v) is 11.5. The van der Waals surface area contributed by atoms with Crippen molar-refractivity contribution in [2.75, 3.05) is 7.05 Å². The topological polar surface area (TPSA) is 49.3 Å². The van der Waals surface area contributed by atoms with Crippen LogP contribution in [-0.2, 0) is 10.2 Å². The van der Waals surface area contributed by atoms with E-state index in [1.807, 2.05) is 0 Å². The maximum atomic E-state index is 13.7. The molecule has 0 radical (unpaired) electrons. The quantitative estimate of drug-likeness (QED) is 0.877. The SMILES string of the molecule is CNC(=O)[C@]1(c2ccc(Cl)c(F)c2)CCCC[C@@H]1O. The van der Waals surface area contributed by atoms with E-state index in [0.717, 1.165) is 12.8 Å². The second-order valence-corrected chi connectivity index (χ2v) is 5.35. The highest BCUT2D eigenvalue weighted by atomic mass is 35.5. The molecule has 0 saturated heterocycles. The molecule has 1 saturated carbocycles. The highest BCUT2D eigenvalue weighted by Gasteiger charge is 2.47. The van der Waals surface area contributed by atoms with Gasteiger partial charge in [0.05, 0.1) is 16.5 Å². The third-order valence-electron chi connectivity index (χ3n) is 3.93. The smallest absolute Gasteiger partial charge is 0.233 e. The van der Waals surface area contributed by atoms with E-state index in [1.165, 1.54) is 19.2 Å². The van der Waals surface area contributed by atoms with E-state index < -0.39 is 17.3 Å². The number of carbonyl (C=O) groups is 1. The molecule has 2 atom stereocenters. The summed E-state index contributed by atoms with van der Waals surface area (Å²) in [5.41, 5.74) is -0.584. The van der Waals surface area contributed by atoms with Gasteiger partial charge in [-0.15, -0.1) is 0 Å². The average Bonchev–Trinajstić information content (AvgIpc) is 2.42. The highest BCUT2D eigenvalue weighted by molar-refractivity contribution is 6.30. The number of rotatable bonds is 2. The second kappa shape index (κ2) is 5.47. The molecule has 0 aromatic heterocycles. The number of hydrogen-bond acceptors (Lipinski definition) is 2. The fraction of sp³-hybridized carbons (Fsp3) is 0.500. The number of halogens is 2. The Balaban J connectivity index is 2.53. The number of hydrogen-bond donors (Lipinski definition) is 2. The van der Waals surface area contributed by atoms with Gasteiger partial charge in [-0.05, 0) is 30.5 Å². The van der Waals surface area contributed by atoms with Crippen molar-refractivity contribution in [2.45, 2.75) is 37.2 Å². The summed E-state index contributed by atoms with van der Waals surface area (Å²) in [5.74, 6) is -0.846. The molecule has 1 aromatic carbocycles. The van der Waals surface area contributed by atoms with Crippen LogP contribution in [-0.4, -0.2) is 24.2 Å². The summed E-state index contributed by atoms with van der Waals surface area (Å²) in [6.45, 7) is 0. The predicted molar refractivity (Wildman–Crippen MR) is 71.6 cm³/mol. The Morgan fingerprint density at radius 3 is 2.84 bits per heavy atom. The Morgan fingerprint density at radius 1 is 1.53 bits per heavy atom. The van der Waals surface area contributed by atoms with Crippen molar-refractivity contribution in [1.82, 2.24) is 5.32 Å². The molecule has 1 aliphatic rings. The molecule has 1 amide bonds. The molecule has 0 unspecified atom stereocenters. The van der Waals surface area contributed by atoms with Crippen LogP contribution in [0.3, 0.4) is 0 Å². The standard InChI is InChI=1S/C14H17ClFNO2/c1-17-13(19)14(7-3-2-4-12(14)18)9-5-6-10(15)11(16)8-9/h5-6,8,12,18H,2-4,7H2,1H3,(H,17,19)/t12-,14-/m0/s1. The van der Waals surface area contributed by atoms with E-state index in [1.54, 1.807) is 6.07 Å². The molecule has 3 nitrogen and oxygen atoms in total. The molecule has 5 heteroatoms. The number of likely N-dealkylation sites (N-methyl/N-ethyl adjacent to an activating group) is 1. The number of benzene rings is 1. The summed E-state index contributed by atoms with van der Waals surface area (Å²) in [6, 6.07) is 4.31. The van der Waals surface area contributed by atoms with E-state index in [-0.39, 0.29) is 10.9 Å². The molecule has 0 heterocycles. The molecule has 1 aromatic rings. The first kappa shape index (κ1) is 14.3. The maximum absolute atomic E-state index is 13.7. The zero-order chi connectivity index (χ0) is 14.0. The Morgan fingerprint density at radius 2 is 2.26 bits per heavy atom. The van der Waals surface area contributed by atoms with E-state index in [4.69, 9.17) is 11.6 Å². The van der Waals surface area contributed by atoms with Crippen LogP contribution in [0.25, 0.3) is 0 Å². The van der Waals surface area contributed by atoms with E-state index in [0.29, 0.717) is 18.4 Å². The number of aliphatic hydroxyl groups is 1. The van der Waals surface area contributed by atoms with Crippen LogP contribution in [0.15, 0.2) is 18.2 Å². The lowest BCUT2D eigenvalue weighted by molar-refractivity contribution is -0.132. The molecule has 1 fully saturated rings. The molecule has 0 spiro atoms. The molecule has 104 valence electrons. The predicted octanol–water partition coefficient (Wildman–Crippen LogP) is 2.40. The molecule has 0 aliphatic heterocycles. The highest BCUT2D eigenvalue weighted by Crippen LogP contribution is 2.40. The van der Waals surface area contributed by atoms with Gasteiger partial charge in [-0.2, -0.15) is 0 Å². The summed E-state index contributed by atoms with van der Waals surface area (Å²) >= 11 is 5.68. The lowest BCUT2D eigenvalue weighted by atomic mass is 9.66. The minimum Gasteiger partial charge on any atom is -0.392 e. The van der Waals surface area contributed by atoms with Crippen LogP contribution in [0.4, 0.5) is 4.39 Å². The lowest BCUT2D eigenvalue weighted by Crippen LogP contribution is -2.53. The van der Waals surface area contributed by atoms with Crippen LogP contribution < -0.4 is 5.32 Å². The molecule has 19 heavy (non-hydrogen) atoms. The first-order valence-corrected chi connectivity index (χ1v) is 6.76. The third-order valence-corrected chi connectivity index (χ3v) is 4.24. The molecular formula is C14H17ClFNO2. The van der Waals surface area contributed by atoms with Crippen LogP contribution >= 0.6 is 11.6 Å². The first-order valence-electron chi connectivity index (χ1n) is 6.38. The summed E-state index contributed by atoms with van der Waals surface area (Å²) in [6.07, 6.45) is 1.94. The summed E-state index contributed by atoms with van der Waals surface area (Å²) in [5, 5.41) is 12.9. The Kier molecular flexibility index (Phi) is 4.11. The molecule has 2 rings (SSSR count). The van der Waals surface area contributed by atoms with Crippen molar-refractivity contribution in [2.24, 2.45) is 0 Å². The van der Waals surface area contributed by atoms with Gasteiger partial charge in [0.1, 0.15) is 5.82 Å². The maximum Gasteiger partial charge on any atom is 0.233 e. The van der Waals surface area contributed by atoms with Gasteiger partial charge in [-0.1, -0.05) is 30.5 Å². The lowest BCUT2D eigenvalue weighted by Gasteiger charge is -2.40. The van der Waals surface area contributed by atoms with Crippen LogP contribution in [0.2, 0.25) is 5.02 Å². The fourth-order valence-corrected chi connectivity index (χ4v) is 3.00. The van der Waals surface area contributed by atoms with Gasteiger partial charge in [0.15, 0.2) is 0 Å².